The van der Waals surface area contributed by atoms with Crippen molar-refractivity contribution >= 4 is 27.5 Å². The van der Waals surface area contributed by atoms with Gasteiger partial charge in [0.15, 0.2) is 10.8 Å². The first-order valence-corrected chi connectivity index (χ1v) is 11.0. The number of anilines is 3. The minimum absolute atomic E-state index is 0.0219. The molecule has 11 heteroatoms. The second-order valence-corrected chi connectivity index (χ2v) is 8.89. The van der Waals surface area contributed by atoms with Gasteiger partial charge in [0.05, 0.1) is 0 Å². The highest BCUT2D eigenvalue weighted by molar-refractivity contribution is 7.89. The summed E-state index contributed by atoms with van der Waals surface area (Å²) in [6.07, 6.45) is 3.28. The highest BCUT2D eigenvalue weighted by Gasteiger charge is 2.20. The normalized spacial score (nSPS) is 11.6. The van der Waals surface area contributed by atoms with Crippen molar-refractivity contribution in [2.75, 3.05) is 23.7 Å². The van der Waals surface area contributed by atoms with Gasteiger partial charge >= 0.3 is 0 Å². The van der Waals surface area contributed by atoms with E-state index >= 15 is 0 Å². The smallest absolute Gasteiger partial charge is 0.259 e. The van der Waals surface area contributed by atoms with E-state index in [1.807, 2.05) is 32.9 Å². The summed E-state index contributed by atoms with van der Waals surface area (Å²) in [5.41, 5.74) is 1.07. The summed E-state index contributed by atoms with van der Waals surface area (Å²) in [6.45, 7) is 6.44. The van der Waals surface area contributed by atoms with E-state index in [2.05, 4.69) is 35.5 Å². The Balaban J connectivity index is 1.49. The molecule has 160 valence electrons. The van der Waals surface area contributed by atoms with Crippen molar-refractivity contribution in [2.45, 2.75) is 31.7 Å². The van der Waals surface area contributed by atoms with Gasteiger partial charge in [-0.15, -0.1) is 10.2 Å². The predicted molar refractivity (Wildman–Crippen MR) is 115 cm³/mol. The van der Waals surface area contributed by atoms with Crippen molar-refractivity contribution < 1.29 is 8.42 Å². The number of nitrogens with one attached hydrogen (secondary N) is 3. The van der Waals surface area contributed by atoms with Gasteiger partial charge in [-0.3, -0.25) is 0 Å². The van der Waals surface area contributed by atoms with E-state index in [0.717, 1.165) is 11.4 Å². The maximum Gasteiger partial charge on any atom is 0.259 e. The van der Waals surface area contributed by atoms with Gasteiger partial charge < -0.3 is 15.2 Å². The zero-order valence-corrected chi connectivity index (χ0v) is 18.2. The van der Waals surface area contributed by atoms with Gasteiger partial charge in [0.2, 0.25) is 0 Å². The molecule has 0 unspecified atom stereocenters. The van der Waals surface area contributed by atoms with Gasteiger partial charge in [-0.2, -0.15) is 0 Å². The highest BCUT2D eigenvalue weighted by atomic mass is 32.2. The van der Waals surface area contributed by atoms with E-state index < -0.39 is 10.0 Å². The Morgan fingerprint density at radius 3 is 2.33 bits per heavy atom. The molecule has 0 amide bonds. The topological polar surface area (TPSA) is 127 Å². The number of pyridine rings is 1. The molecule has 0 aliphatic rings. The van der Waals surface area contributed by atoms with Crippen molar-refractivity contribution in [1.29, 1.82) is 0 Å². The molecule has 0 saturated carbocycles. The molecule has 3 aromatic heterocycles. The lowest BCUT2D eigenvalue weighted by Crippen LogP contribution is -2.29. The average Bonchev–Trinajstić information content (AvgIpc) is 3.11. The van der Waals surface area contributed by atoms with Crippen molar-refractivity contribution in [3.63, 3.8) is 0 Å². The number of hydrogen-bond acceptors (Lipinski definition) is 8. The molecule has 3 aromatic rings. The molecular weight excluding hydrogens is 404 g/mol. The fourth-order valence-electron chi connectivity index (χ4n) is 2.73. The Morgan fingerprint density at radius 2 is 1.73 bits per heavy atom. The summed E-state index contributed by atoms with van der Waals surface area (Å²) in [4.78, 5) is 8.48. The lowest BCUT2D eigenvalue weighted by Gasteiger charge is -2.08. The van der Waals surface area contributed by atoms with Crippen LogP contribution >= 0.6 is 0 Å². The molecule has 3 heterocycles. The minimum Gasteiger partial charge on any atom is -0.367 e. The average molecular weight is 431 g/mol. The van der Waals surface area contributed by atoms with Crippen LogP contribution in [-0.2, 0) is 17.1 Å². The predicted octanol–water partition coefficient (Wildman–Crippen LogP) is 2.17. The zero-order valence-electron chi connectivity index (χ0n) is 17.4. The quantitative estimate of drug-likeness (QED) is 0.441. The summed E-state index contributed by atoms with van der Waals surface area (Å²) in [5.74, 6) is 2.64. The van der Waals surface area contributed by atoms with Crippen LogP contribution in [0.15, 0.2) is 41.7 Å². The van der Waals surface area contributed by atoms with E-state index in [-0.39, 0.29) is 17.5 Å². The molecule has 3 rings (SSSR count). The molecule has 10 nitrogen and oxygen atoms in total. The monoisotopic (exact) mass is 430 g/mol. The van der Waals surface area contributed by atoms with Crippen LogP contribution in [0.25, 0.3) is 0 Å². The molecule has 30 heavy (non-hydrogen) atoms. The minimum atomic E-state index is -3.67. The van der Waals surface area contributed by atoms with Crippen LogP contribution in [0.2, 0.25) is 0 Å². The Bertz CT molecular complexity index is 1080. The summed E-state index contributed by atoms with van der Waals surface area (Å²) in [6, 6.07) is 7.34. The highest BCUT2D eigenvalue weighted by Crippen LogP contribution is 2.16. The number of rotatable bonds is 9. The van der Waals surface area contributed by atoms with Crippen molar-refractivity contribution in [3.8, 4) is 0 Å². The molecule has 0 aliphatic carbocycles. The molecule has 0 atom stereocenters. The first-order valence-electron chi connectivity index (χ1n) is 9.55. The second kappa shape index (κ2) is 9.18. The Labute approximate surface area is 176 Å². The lowest BCUT2D eigenvalue weighted by molar-refractivity contribution is 0.579. The van der Waals surface area contributed by atoms with Crippen LogP contribution in [0.4, 0.5) is 17.5 Å². The Kier molecular flexibility index (Phi) is 6.63. The molecule has 0 fully saturated rings. The summed E-state index contributed by atoms with van der Waals surface area (Å²) < 4.78 is 29.1. The third-order valence-electron chi connectivity index (χ3n) is 4.24. The molecule has 0 radical (unpaired) electrons. The molecule has 0 saturated heterocycles. The van der Waals surface area contributed by atoms with Crippen molar-refractivity contribution in [2.24, 2.45) is 7.05 Å². The van der Waals surface area contributed by atoms with Gasteiger partial charge in [0.1, 0.15) is 17.5 Å². The first kappa shape index (κ1) is 21.7. The number of aryl methyl sites for hydroxylation is 2. The zero-order chi connectivity index (χ0) is 21.7. The van der Waals surface area contributed by atoms with E-state index in [1.54, 1.807) is 29.9 Å². The van der Waals surface area contributed by atoms with Crippen LogP contribution in [0.5, 0.6) is 0 Å². The van der Waals surface area contributed by atoms with Crippen LogP contribution in [0.3, 0.4) is 0 Å². The molecular formula is C19H26N8O2S. The summed E-state index contributed by atoms with van der Waals surface area (Å²) >= 11 is 0. The van der Waals surface area contributed by atoms with E-state index in [0.29, 0.717) is 24.0 Å². The molecule has 0 aliphatic heterocycles. The third-order valence-corrected chi connectivity index (χ3v) is 5.57. The first-order chi connectivity index (χ1) is 14.2. The van der Waals surface area contributed by atoms with E-state index in [1.165, 1.54) is 6.20 Å². The number of imidazole rings is 1. The van der Waals surface area contributed by atoms with Crippen LogP contribution in [-0.4, -0.2) is 46.2 Å². The largest absolute Gasteiger partial charge is 0.367 e. The molecule has 0 spiro atoms. The number of hydrogen-bond donors (Lipinski definition) is 3. The van der Waals surface area contributed by atoms with Gasteiger partial charge in [0, 0.05) is 38.4 Å². The maximum atomic E-state index is 12.4. The lowest BCUT2D eigenvalue weighted by atomic mass is 10.2. The van der Waals surface area contributed by atoms with Gasteiger partial charge in [0.25, 0.3) is 10.0 Å². The van der Waals surface area contributed by atoms with Crippen LogP contribution < -0.4 is 15.4 Å². The number of nitrogens with zero attached hydrogens (tertiary/aromatic N) is 5. The van der Waals surface area contributed by atoms with Crippen LogP contribution in [0, 0.1) is 6.92 Å². The Morgan fingerprint density at radius 1 is 1.03 bits per heavy atom. The van der Waals surface area contributed by atoms with Crippen LogP contribution in [0.1, 0.15) is 31.2 Å². The van der Waals surface area contributed by atoms with E-state index in [4.69, 9.17) is 0 Å². The number of aromatic nitrogens is 5. The van der Waals surface area contributed by atoms with Crippen molar-refractivity contribution in [1.82, 2.24) is 29.5 Å². The number of sulfonamides is 1. The molecule has 0 aromatic carbocycles. The maximum absolute atomic E-state index is 12.4. The van der Waals surface area contributed by atoms with Crippen molar-refractivity contribution in [3.05, 3.63) is 48.0 Å². The SMILES string of the molecule is Cc1ccc(Nc2ccc(NCCNS(=O)(=O)c3cn(C)c(C(C)C)n3)nn2)nc1. The summed E-state index contributed by atoms with van der Waals surface area (Å²) in [7, 11) is -1.88. The fourth-order valence-corrected chi connectivity index (χ4v) is 3.76. The van der Waals surface area contributed by atoms with Gasteiger partial charge in [-0.1, -0.05) is 19.9 Å². The molecule has 0 bridgehead atoms. The Hall–Kier alpha value is -3.05. The van der Waals surface area contributed by atoms with Gasteiger partial charge in [-0.05, 0) is 30.7 Å². The second-order valence-electron chi connectivity index (χ2n) is 7.18. The van der Waals surface area contributed by atoms with Gasteiger partial charge in [-0.25, -0.2) is 23.1 Å². The molecule has 3 N–H and O–H groups in total. The third kappa shape index (κ3) is 5.51. The standard InChI is InChI=1S/C19H26N8O2S/c1-13(2)19-24-18(12-27(19)4)30(28,29)22-10-9-20-16-7-8-17(26-25-16)23-15-6-5-14(3)11-21-15/h5-8,11-13,22H,9-10H2,1-4H3,(H,20,25)(H,21,23,26). The fraction of sp³-hybridized carbons (Fsp3) is 0.368. The van der Waals surface area contributed by atoms with E-state index in [9.17, 15) is 8.42 Å². The summed E-state index contributed by atoms with van der Waals surface area (Å²) in [5, 5.41) is 14.3.